The molecule has 0 aliphatic carbocycles. The van der Waals surface area contributed by atoms with Crippen LogP contribution >= 0.6 is 31.9 Å². The second kappa shape index (κ2) is 5.63. The lowest BCUT2D eigenvalue weighted by Gasteiger charge is -2.11. The van der Waals surface area contributed by atoms with E-state index in [0.29, 0.717) is 5.56 Å². The highest BCUT2D eigenvalue weighted by atomic mass is 79.9. The van der Waals surface area contributed by atoms with Crippen LogP contribution in [0.3, 0.4) is 0 Å². The number of rotatable bonds is 3. The van der Waals surface area contributed by atoms with Gasteiger partial charge >= 0.3 is 0 Å². The van der Waals surface area contributed by atoms with Crippen molar-refractivity contribution in [2.24, 2.45) is 0 Å². The van der Waals surface area contributed by atoms with Gasteiger partial charge in [0.25, 0.3) is 5.91 Å². The quantitative estimate of drug-likeness (QED) is 0.890. The summed E-state index contributed by atoms with van der Waals surface area (Å²) in [5, 5.41) is 11.5. The highest BCUT2D eigenvalue weighted by molar-refractivity contribution is 9.11. The fourth-order valence-corrected chi connectivity index (χ4v) is 2.25. The average molecular weight is 337 g/mol. The van der Waals surface area contributed by atoms with E-state index in [1.54, 1.807) is 25.1 Å². The number of hydrogen-bond donors (Lipinski definition) is 2. The Morgan fingerprint density at radius 2 is 2.20 bits per heavy atom. The van der Waals surface area contributed by atoms with Gasteiger partial charge in [-0.15, -0.1) is 0 Å². The monoisotopic (exact) mass is 335 g/mol. The predicted octanol–water partition coefficient (Wildman–Crippen LogP) is 2.32. The van der Waals surface area contributed by atoms with Crippen LogP contribution in [-0.2, 0) is 0 Å². The van der Waals surface area contributed by atoms with Gasteiger partial charge in [0.15, 0.2) is 0 Å². The minimum absolute atomic E-state index is 0.0696. The van der Waals surface area contributed by atoms with E-state index in [-0.39, 0.29) is 18.6 Å². The van der Waals surface area contributed by atoms with Gasteiger partial charge in [0.05, 0.1) is 12.2 Å². The van der Waals surface area contributed by atoms with Gasteiger partial charge in [-0.05, 0) is 41.1 Å². The molecule has 0 saturated heterocycles. The molecule has 1 aromatic rings. The Morgan fingerprint density at radius 1 is 1.53 bits per heavy atom. The van der Waals surface area contributed by atoms with Crippen molar-refractivity contribution in [3.63, 3.8) is 0 Å². The lowest BCUT2D eigenvalue weighted by molar-refractivity contribution is 0.0921. The van der Waals surface area contributed by atoms with Gasteiger partial charge in [-0.1, -0.05) is 15.9 Å². The molecule has 2 N–H and O–H groups in total. The standard InChI is InChI=1S/C10H11Br2NO2/c1-6(5-14)13-10(15)8-3-2-7(11)4-9(8)12/h2-4,6,14H,5H2,1H3,(H,13,15). The minimum atomic E-state index is -0.243. The zero-order valence-corrected chi connectivity index (χ0v) is 11.3. The van der Waals surface area contributed by atoms with Crippen LogP contribution in [0.15, 0.2) is 27.1 Å². The van der Waals surface area contributed by atoms with Gasteiger partial charge in [-0.25, -0.2) is 0 Å². The highest BCUT2D eigenvalue weighted by Gasteiger charge is 2.12. The zero-order chi connectivity index (χ0) is 11.4. The summed E-state index contributed by atoms with van der Waals surface area (Å²) in [6.07, 6.45) is 0. The summed E-state index contributed by atoms with van der Waals surface area (Å²) in [5.41, 5.74) is 0.554. The lowest BCUT2D eigenvalue weighted by Crippen LogP contribution is -2.35. The summed E-state index contributed by atoms with van der Waals surface area (Å²) in [6.45, 7) is 1.67. The number of hydrogen-bond acceptors (Lipinski definition) is 2. The first kappa shape index (κ1) is 12.7. The van der Waals surface area contributed by atoms with Crippen LogP contribution in [0.1, 0.15) is 17.3 Å². The average Bonchev–Trinajstić information content (AvgIpc) is 2.17. The Kier molecular flexibility index (Phi) is 4.76. The van der Waals surface area contributed by atoms with Crippen LogP contribution in [0.4, 0.5) is 0 Å². The minimum Gasteiger partial charge on any atom is -0.394 e. The van der Waals surface area contributed by atoms with Crippen molar-refractivity contribution in [2.75, 3.05) is 6.61 Å². The molecule has 0 aromatic heterocycles. The Morgan fingerprint density at radius 3 is 2.73 bits per heavy atom. The van der Waals surface area contributed by atoms with E-state index in [0.717, 1.165) is 8.95 Å². The van der Waals surface area contributed by atoms with Crippen molar-refractivity contribution >= 4 is 37.8 Å². The Balaban J connectivity index is 2.82. The molecule has 0 bridgehead atoms. The van der Waals surface area contributed by atoms with E-state index < -0.39 is 0 Å². The second-order valence-electron chi connectivity index (χ2n) is 3.18. The third kappa shape index (κ3) is 3.59. The maximum atomic E-state index is 11.7. The van der Waals surface area contributed by atoms with Gasteiger partial charge in [-0.3, -0.25) is 4.79 Å². The maximum absolute atomic E-state index is 11.7. The fourth-order valence-electron chi connectivity index (χ4n) is 1.02. The molecule has 82 valence electrons. The highest BCUT2D eigenvalue weighted by Crippen LogP contribution is 2.21. The molecular weight excluding hydrogens is 326 g/mol. The SMILES string of the molecule is CC(CO)NC(=O)c1ccc(Br)cc1Br. The molecule has 1 atom stereocenters. The van der Waals surface area contributed by atoms with Gasteiger partial charge < -0.3 is 10.4 Å². The van der Waals surface area contributed by atoms with Crippen molar-refractivity contribution in [3.05, 3.63) is 32.7 Å². The first-order valence-electron chi connectivity index (χ1n) is 4.41. The summed E-state index contributed by atoms with van der Waals surface area (Å²) in [5.74, 6) is -0.198. The van der Waals surface area contributed by atoms with Crippen molar-refractivity contribution in [3.8, 4) is 0 Å². The molecule has 1 amide bonds. The molecule has 1 rings (SSSR count). The largest absolute Gasteiger partial charge is 0.394 e. The van der Waals surface area contributed by atoms with E-state index in [1.165, 1.54) is 0 Å². The number of benzene rings is 1. The van der Waals surface area contributed by atoms with Crippen LogP contribution in [0.2, 0.25) is 0 Å². The van der Waals surface area contributed by atoms with E-state index in [2.05, 4.69) is 37.2 Å². The van der Waals surface area contributed by atoms with Crippen molar-refractivity contribution in [1.82, 2.24) is 5.32 Å². The molecule has 1 aromatic carbocycles. The number of nitrogens with one attached hydrogen (secondary N) is 1. The molecule has 0 fully saturated rings. The molecule has 0 heterocycles. The number of aliphatic hydroxyl groups is 1. The third-order valence-electron chi connectivity index (χ3n) is 1.83. The Bertz CT molecular complexity index is 368. The van der Waals surface area contributed by atoms with Crippen molar-refractivity contribution in [1.29, 1.82) is 0 Å². The molecule has 3 nitrogen and oxygen atoms in total. The van der Waals surface area contributed by atoms with Gasteiger partial charge in [0, 0.05) is 15.0 Å². The van der Waals surface area contributed by atoms with Crippen LogP contribution in [0.25, 0.3) is 0 Å². The number of aliphatic hydroxyl groups excluding tert-OH is 1. The van der Waals surface area contributed by atoms with Crippen molar-refractivity contribution in [2.45, 2.75) is 13.0 Å². The summed E-state index contributed by atoms with van der Waals surface area (Å²) in [6, 6.07) is 5.07. The topological polar surface area (TPSA) is 49.3 Å². The number of amides is 1. The molecule has 0 spiro atoms. The molecular formula is C10H11Br2NO2. The number of halogens is 2. The molecule has 0 saturated carbocycles. The molecule has 5 heteroatoms. The molecule has 0 aliphatic heterocycles. The molecule has 1 unspecified atom stereocenters. The van der Waals surface area contributed by atoms with Crippen LogP contribution in [-0.4, -0.2) is 23.7 Å². The fraction of sp³-hybridized carbons (Fsp3) is 0.300. The number of carbonyl (C=O) groups excluding carboxylic acids is 1. The maximum Gasteiger partial charge on any atom is 0.252 e. The molecule has 0 radical (unpaired) electrons. The summed E-state index contributed by atoms with van der Waals surface area (Å²) >= 11 is 6.61. The summed E-state index contributed by atoms with van der Waals surface area (Å²) < 4.78 is 1.63. The predicted molar refractivity (Wildman–Crippen MR) is 65.9 cm³/mol. The van der Waals surface area contributed by atoms with Gasteiger partial charge in [0.1, 0.15) is 0 Å². The van der Waals surface area contributed by atoms with E-state index >= 15 is 0 Å². The zero-order valence-electron chi connectivity index (χ0n) is 8.13. The Hall–Kier alpha value is -0.390. The normalized spacial score (nSPS) is 12.3. The first-order chi connectivity index (χ1) is 7.04. The van der Waals surface area contributed by atoms with Crippen LogP contribution < -0.4 is 5.32 Å². The van der Waals surface area contributed by atoms with Crippen LogP contribution in [0.5, 0.6) is 0 Å². The Labute approximate surface area is 105 Å². The first-order valence-corrected chi connectivity index (χ1v) is 6.00. The van der Waals surface area contributed by atoms with E-state index in [4.69, 9.17) is 5.11 Å². The summed E-state index contributed by atoms with van der Waals surface area (Å²) in [7, 11) is 0. The van der Waals surface area contributed by atoms with Gasteiger partial charge in [-0.2, -0.15) is 0 Å². The van der Waals surface area contributed by atoms with Crippen LogP contribution in [0, 0.1) is 0 Å². The molecule has 0 aliphatic rings. The molecule has 15 heavy (non-hydrogen) atoms. The smallest absolute Gasteiger partial charge is 0.252 e. The lowest BCUT2D eigenvalue weighted by atomic mass is 10.2. The van der Waals surface area contributed by atoms with Crippen molar-refractivity contribution < 1.29 is 9.90 Å². The van der Waals surface area contributed by atoms with Gasteiger partial charge in [0.2, 0.25) is 0 Å². The number of carbonyl (C=O) groups is 1. The third-order valence-corrected chi connectivity index (χ3v) is 2.98. The summed E-state index contributed by atoms with van der Waals surface area (Å²) in [4.78, 5) is 11.7. The second-order valence-corrected chi connectivity index (χ2v) is 4.95. The van der Waals surface area contributed by atoms with E-state index in [1.807, 2.05) is 0 Å². The van der Waals surface area contributed by atoms with E-state index in [9.17, 15) is 4.79 Å².